The number of nitrogens with zero attached hydrogens (tertiary/aromatic N) is 1. The second-order valence-electron chi connectivity index (χ2n) is 6.59. The van der Waals surface area contributed by atoms with Gasteiger partial charge in [-0.3, -0.25) is 4.79 Å². The number of hydrogen-bond donors (Lipinski definition) is 0. The van der Waals surface area contributed by atoms with Gasteiger partial charge in [0.2, 0.25) is 5.91 Å². The van der Waals surface area contributed by atoms with Crippen LogP contribution in [0.3, 0.4) is 0 Å². The zero-order valence-electron chi connectivity index (χ0n) is 14.9. The van der Waals surface area contributed by atoms with E-state index in [2.05, 4.69) is 0 Å². The lowest BCUT2D eigenvalue weighted by Gasteiger charge is -2.23. The predicted octanol–water partition coefficient (Wildman–Crippen LogP) is 1.30. The number of ether oxygens (including phenoxy) is 1. The van der Waals surface area contributed by atoms with Gasteiger partial charge in [0.05, 0.1) is 30.6 Å². The molecule has 26 heavy (non-hydrogen) atoms. The molecule has 1 aromatic heterocycles. The molecule has 1 aliphatic heterocycles. The van der Waals surface area contributed by atoms with Crippen molar-refractivity contribution >= 4 is 26.7 Å². The van der Waals surface area contributed by atoms with Crippen molar-refractivity contribution in [3.05, 3.63) is 39.7 Å². The van der Waals surface area contributed by atoms with E-state index in [1.165, 1.54) is 12.0 Å². The SMILES string of the molecule is COc1ccc2c(C)c(CC(=O)N(C)C3CCS(=O)(=O)C3)c(=O)oc2c1. The summed E-state index contributed by atoms with van der Waals surface area (Å²) in [6.45, 7) is 1.77. The fourth-order valence-electron chi connectivity index (χ4n) is 3.27. The molecule has 1 atom stereocenters. The molecular weight excluding hydrogens is 358 g/mol. The number of carbonyl (C=O) groups excluding carboxylic acids is 1. The maximum Gasteiger partial charge on any atom is 0.340 e. The summed E-state index contributed by atoms with van der Waals surface area (Å²) in [6.07, 6.45) is 0.304. The third kappa shape index (κ3) is 3.46. The number of hydrogen-bond acceptors (Lipinski definition) is 6. The van der Waals surface area contributed by atoms with Gasteiger partial charge in [0, 0.05) is 24.5 Å². The Bertz CT molecular complexity index is 1020. The highest BCUT2D eigenvalue weighted by molar-refractivity contribution is 7.91. The van der Waals surface area contributed by atoms with Crippen LogP contribution >= 0.6 is 0 Å². The van der Waals surface area contributed by atoms with E-state index in [1.54, 1.807) is 32.2 Å². The van der Waals surface area contributed by atoms with Crippen molar-refractivity contribution in [1.82, 2.24) is 4.90 Å². The highest BCUT2D eigenvalue weighted by Crippen LogP contribution is 2.25. The van der Waals surface area contributed by atoms with Crippen molar-refractivity contribution in [1.29, 1.82) is 0 Å². The number of likely N-dealkylation sites (N-methyl/N-ethyl adjacent to an activating group) is 1. The van der Waals surface area contributed by atoms with Crippen LogP contribution in [0.4, 0.5) is 0 Å². The van der Waals surface area contributed by atoms with E-state index >= 15 is 0 Å². The maximum absolute atomic E-state index is 12.6. The average Bonchev–Trinajstić information content (AvgIpc) is 2.97. The molecule has 3 rings (SSSR count). The van der Waals surface area contributed by atoms with Gasteiger partial charge < -0.3 is 14.1 Å². The summed E-state index contributed by atoms with van der Waals surface area (Å²) in [6, 6.07) is 4.83. The fourth-order valence-corrected chi connectivity index (χ4v) is 5.04. The van der Waals surface area contributed by atoms with Gasteiger partial charge in [-0.15, -0.1) is 0 Å². The number of rotatable bonds is 4. The molecule has 1 saturated heterocycles. The molecule has 0 radical (unpaired) electrons. The van der Waals surface area contributed by atoms with E-state index in [-0.39, 0.29) is 29.9 Å². The quantitative estimate of drug-likeness (QED) is 0.743. The van der Waals surface area contributed by atoms with Crippen LogP contribution < -0.4 is 10.4 Å². The van der Waals surface area contributed by atoms with Crippen molar-refractivity contribution in [2.75, 3.05) is 25.7 Å². The minimum absolute atomic E-state index is 0.0274. The molecule has 140 valence electrons. The summed E-state index contributed by atoms with van der Waals surface area (Å²) in [5.41, 5.74) is 0.808. The summed E-state index contributed by atoms with van der Waals surface area (Å²) in [4.78, 5) is 26.4. The Hall–Kier alpha value is -2.35. The maximum atomic E-state index is 12.6. The number of carbonyl (C=O) groups is 1. The molecule has 1 fully saturated rings. The summed E-state index contributed by atoms with van der Waals surface area (Å²) >= 11 is 0. The van der Waals surface area contributed by atoms with E-state index in [9.17, 15) is 18.0 Å². The van der Waals surface area contributed by atoms with E-state index in [0.717, 1.165) is 5.39 Å². The minimum atomic E-state index is -3.08. The van der Waals surface area contributed by atoms with Gasteiger partial charge in [0.25, 0.3) is 0 Å². The van der Waals surface area contributed by atoms with Crippen LogP contribution in [0, 0.1) is 6.92 Å². The third-order valence-electron chi connectivity index (χ3n) is 4.97. The molecule has 2 heterocycles. The molecule has 0 N–H and O–H groups in total. The van der Waals surface area contributed by atoms with Gasteiger partial charge >= 0.3 is 5.63 Å². The van der Waals surface area contributed by atoms with Crippen molar-refractivity contribution in [2.24, 2.45) is 0 Å². The second kappa shape index (κ2) is 6.75. The summed E-state index contributed by atoms with van der Waals surface area (Å²) in [7, 11) is 0.0214. The first-order chi connectivity index (χ1) is 12.2. The molecule has 1 aromatic carbocycles. The Balaban J connectivity index is 1.88. The smallest absolute Gasteiger partial charge is 0.340 e. The lowest BCUT2D eigenvalue weighted by atomic mass is 10.0. The van der Waals surface area contributed by atoms with Gasteiger partial charge in [-0.2, -0.15) is 0 Å². The number of methoxy groups -OCH3 is 1. The number of sulfone groups is 1. The summed E-state index contributed by atoms with van der Waals surface area (Å²) in [5.74, 6) is 0.343. The van der Waals surface area contributed by atoms with Crippen LogP contribution in [0.5, 0.6) is 5.75 Å². The zero-order valence-corrected chi connectivity index (χ0v) is 15.8. The molecule has 7 nitrogen and oxygen atoms in total. The van der Waals surface area contributed by atoms with Crippen LogP contribution in [0.25, 0.3) is 11.0 Å². The topological polar surface area (TPSA) is 93.9 Å². The van der Waals surface area contributed by atoms with E-state index in [1.807, 2.05) is 0 Å². The number of fused-ring (bicyclic) bond motifs is 1. The summed E-state index contributed by atoms with van der Waals surface area (Å²) < 4.78 is 33.7. The van der Waals surface area contributed by atoms with Crippen molar-refractivity contribution < 1.29 is 22.4 Å². The van der Waals surface area contributed by atoms with E-state index < -0.39 is 15.5 Å². The lowest BCUT2D eigenvalue weighted by Crippen LogP contribution is -2.39. The van der Waals surface area contributed by atoms with Gasteiger partial charge in [0.15, 0.2) is 9.84 Å². The van der Waals surface area contributed by atoms with Crippen LogP contribution in [0.15, 0.2) is 27.4 Å². The molecule has 1 amide bonds. The molecule has 0 bridgehead atoms. The van der Waals surface area contributed by atoms with Crippen molar-refractivity contribution in [3.8, 4) is 5.75 Å². The van der Waals surface area contributed by atoms with Crippen LogP contribution in [-0.4, -0.2) is 50.9 Å². The third-order valence-corrected chi connectivity index (χ3v) is 6.72. The van der Waals surface area contributed by atoms with Crippen molar-refractivity contribution in [3.63, 3.8) is 0 Å². The van der Waals surface area contributed by atoms with Crippen LogP contribution in [0.2, 0.25) is 0 Å². The Morgan fingerprint density at radius 1 is 1.38 bits per heavy atom. The van der Waals surface area contributed by atoms with Gasteiger partial charge in [-0.1, -0.05) is 0 Å². The van der Waals surface area contributed by atoms with Gasteiger partial charge in [-0.05, 0) is 31.0 Å². The van der Waals surface area contributed by atoms with Gasteiger partial charge in [0.1, 0.15) is 11.3 Å². The number of aryl methyl sites for hydroxylation is 1. The Kier molecular flexibility index (Phi) is 4.79. The number of amides is 1. The summed E-state index contributed by atoms with van der Waals surface area (Å²) in [5, 5.41) is 0.735. The first kappa shape index (κ1) is 18.4. The molecule has 1 unspecified atom stereocenters. The second-order valence-corrected chi connectivity index (χ2v) is 8.82. The molecule has 2 aromatic rings. The predicted molar refractivity (Wildman–Crippen MR) is 97.3 cm³/mol. The van der Waals surface area contributed by atoms with Crippen LogP contribution in [-0.2, 0) is 21.1 Å². The highest BCUT2D eigenvalue weighted by Gasteiger charge is 2.33. The van der Waals surface area contributed by atoms with E-state index in [4.69, 9.17) is 9.15 Å². The molecule has 0 spiro atoms. The Morgan fingerprint density at radius 3 is 2.73 bits per heavy atom. The van der Waals surface area contributed by atoms with Crippen LogP contribution in [0.1, 0.15) is 17.5 Å². The molecular formula is C18H21NO6S. The monoisotopic (exact) mass is 379 g/mol. The fraction of sp³-hybridized carbons (Fsp3) is 0.444. The standard InChI is InChI=1S/C18H21NO6S/c1-11-14-5-4-13(24-3)8-16(14)25-18(21)15(11)9-17(20)19(2)12-6-7-26(22,23)10-12/h4-5,8,12H,6-7,9-10H2,1-3H3. The minimum Gasteiger partial charge on any atom is -0.497 e. The first-order valence-corrected chi connectivity index (χ1v) is 10.1. The van der Waals surface area contributed by atoms with Gasteiger partial charge in [-0.25, -0.2) is 13.2 Å². The Morgan fingerprint density at radius 2 is 2.12 bits per heavy atom. The lowest BCUT2D eigenvalue weighted by molar-refractivity contribution is -0.130. The number of benzene rings is 1. The molecule has 0 saturated carbocycles. The normalized spacial score (nSPS) is 18.8. The molecule has 0 aliphatic carbocycles. The largest absolute Gasteiger partial charge is 0.497 e. The van der Waals surface area contributed by atoms with E-state index in [0.29, 0.717) is 28.9 Å². The van der Waals surface area contributed by atoms with Crippen molar-refractivity contribution in [2.45, 2.75) is 25.8 Å². The average molecular weight is 379 g/mol. The molecule has 8 heteroatoms. The first-order valence-electron chi connectivity index (χ1n) is 8.28. The Labute approximate surface area is 151 Å². The highest BCUT2D eigenvalue weighted by atomic mass is 32.2. The zero-order chi connectivity index (χ0) is 19.1. The molecule has 1 aliphatic rings.